The van der Waals surface area contributed by atoms with Gasteiger partial charge in [-0.2, -0.15) is 15.6 Å². The van der Waals surface area contributed by atoms with Gasteiger partial charge in [-0.3, -0.25) is 5.10 Å². The third kappa shape index (κ3) is 2.83. The van der Waals surface area contributed by atoms with Crippen LogP contribution in [-0.4, -0.2) is 15.3 Å². The quantitative estimate of drug-likeness (QED) is 0.657. The summed E-state index contributed by atoms with van der Waals surface area (Å²) >= 11 is 0. The molecule has 1 aliphatic heterocycles. The number of hydrogen-bond acceptors (Lipinski definition) is 5. The van der Waals surface area contributed by atoms with E-state index in [1.54, 1.807) is 6.20 Å². The van der Waals surface area contributed by atoms with Crippen molar-refractivity contribution >= 4 is 16.6 Å². The Balaban J connectivity index is 1.91. The highest BCUT2D eigenvalue weighted by molar-refractivity contribution is 5.82. The second-order valence-corrected chi connectivity index (χ2v) is 6.68. The van der Waals surface area contributed by atoms with Crippen molar-refractivity contribution in [3.63, 3.8) is 0 Å². The monoisotopic (exact) mass is 367 g/mol. The van der Waals surface area contributed by atoms with Crippen LogP contribution in [0.1, 0.15) is 29.5 Å². The zero-order chi connectivity index (χ0) is 19.7. The van der Waals surface area contributed by atoms with Crippen molar-refractivity contribution in [2.75, 3.05) is 0 Å². The maximum Gasteiger partial charge on any atom is 0.0979 e. The Kier molecular flexibility index (Phi) is 4.41. The maximum absolute atomic E-state index is 9.99. The molecule has 0 saturated heterocycles. The molecule has 0 spiro atoms. The molecule has 0 bridgehead atoms. The van der Waals surface area contributed by atoms with Gasteiger partial charge in [0, 0.05) is 11.1 Å². The normalized spacial score (nSPS) is 16.6. The molecule has 6 nitrogen and oxygen atoms in total. The van der Waals surface area contributed by atoms with Gasteiger partial charge in [-0.05, 0) is 35.7 Å². The number of allylic oxidation sites excluding steroid dienone is 3. The lowest BCUT2D eigenvalue weighted by Gasteiger charge is -2.28. The Morgan fingerprint density at radius 1 is 1.07 bits per heavy atom. The van der Waals surface area contributed by atoms with Gasteiger partial charge in [-0.15, -0.1) is 0 Å². The second-order valence-electron chi connectivity index (χ2n) is 6.68. The number of fused-ring (bicyclic) bond motifs is 1. The molecule has 2 heterocycles. The van der Waals surface area contributed by atoms with Gasteiger partial charge in [-0.25, -0.2) is 0 Å². The van der Waals surface area contributed by atoms with E-state index in [0.29, 0.717) is 16.8 Å². The number of aliphatic hydroxyl groups excluding tert-OH is 1. The molecule has 1 aliphatic rings. The molecule has 0 aliphatic carbocycles. The summed E-state index contributed by atoms with van der Waals surface area (Å²) in [5, 5.41) is 40.2. The molecule has 1 atom stereocenters. The molecule has 4 rings (SSSR count). The molecule has 0 saturated carbocycles. The molecular formula is C22H17N5O. The summed E-state index contributed by atoms with van der Waals surface area (Å²) < 4.78 is 0. The fourth-order valence-electron chi connectivity index (χ4n) is 3.57. The molecule has 136 valence electrons. The lowest BCUT2D eigenvalue weighted by molar-refractivity contribution is 0.282. The van der Waals surface area contributed by atoms with Gasteiger partial charge in [0.05, 0.1) is 53.2 Å². The molecule has 0 amide bonds. The summed E-state index contributed by atoms with van der Waals surface area (Å²) in [5.74, 6) is -0.455. The van der Waals surface area contributed by atoms with Gasteiger partial charge >= 0.3 is 0 Å². The fourth-order valence-corrected chi connectivity index (χ4v) is 3.57. The number of dihydropyridines is 1. The largest absolute Gasteiger partial charge is 0.392 e. The number of aromatic nitrogens is 2. The molecule has 0 fully saturated rings. The minimum Gasteiger partial charge on any atom is -0.392 e. The average Bonchev–Trinajstić information content (AvgIpc) is 3.20. The zero-order valence-corrected chi connectivity index (χ0v) is 15.2. The molecule has 1 unspecified atom stereocenters. The Labute approximate surface area is 162 Å². The van der Waals surface area contributed by atoms with Crippen LogP contribution < -0.4 is 5.32 Å². The minimum absolute atomic E-state index is 0.0390. The Bertz CT molecular complexity index is 1200. The van der Waals surface area contributed by atoms with Crippen LogP contribution in [0.25, 0.3) is 16.6 Å². The predicted octanol–water partition coefficient (Wildman–Crippen LogP) is 3.47. The second kappa shape index (κ2) is 7.03. The molecule has 3 aromatic rings. The van der Waals surface area contributed by atoms with Gasteiger partial charge in [0.15, 0.2) is 0 Å². The van der Waals surface area contributed by atoms with Crippen molar-refractivity contribution in [1.29, 1.82) is 10.5 Å². The molecule has 3 N–H and O–H groups in total. The van der Waals surface area contributed by atoms with E-state index in [1.165, 1.54) is 0 Å². The summed E-state index contributed by atoms with van der Waals surface area (Å²) in [7, 11) is 0. The molecule has 0 radical (unpaired) electrons. The van der Waals surface area contributed by atoms with Crippen LogP contribution in [0.5, 0.6) is 0 Å². The van der Waals surface area contributed by atoms with Crippen molar-refractivity contribution in [1.82, 2.24) is 15.5 Å². The van der Waals surface area contributed by atoms with Gasteiger partial charge < -0.3 is 10.4 Å². The number of nitrogens with one attached hydrogen (secondary N) is 2. The highest BCUT2D eigenvalue weighted by Crippen LogP contribution is 2.40. The Morgan fingerprint density at radius 3 is 2.50 bits per heavy atom. The van der Waals surface area contributed by atoms with Crippen molar-refractivity contribution in [2.24, 2.45) is 0 Å². The Hall–Kier alpha value is -3.87. The predicted molar refractivity (Wildman–Crippen MR) is 105 cm³/mol. The molecule has 2 aromatic carbocycles. The maximum atomic E-state index is 9.99. The number of nitriles is 2. The molecule has 28 heavy (non-hydrogen) atoms. The lowest BCUT2D eigenvalue weighted by Crippen LogP contribution is -2.24. The van der Waals surface area contributed by atoms with E-state index >= 15 is 0 Å². The number of hydrogen-bond donors (Lipinski definition) is 3. The van der Waals surface area contributed by atoms with Crippen molar-refractivity contribution in [2.45, 2.75) is 19.4 Å². The van der Waals surface area contributed by atoms with Crippen LogP contribution in [0.3, 0.4) is 0 Å². The first kappa shape index (κ1) is 17.5. The number of rotatable bonds is 3. The summed E-state index contributed by atoms with van der Waals surface area (Å²) in [5.41, 5.74) is 5.81. The summed E-state index contributed by atoms with van der Waals surface area (Å²) in [6.45, 7) is 1.81. The van der Waals surface area contributed by atoms with E-state index in [1.807, 2.05) is 49.4 Å². The zero-order valence-electron chi connectivity index (χ0n) is 15.2. The van der Waals surface area contributed by atoms with Crippen LogP contribution in [0, 0.1) is 22.7 Å². The first-order valence-corrected chi connectivity index (χ1v) is 8.81. The molecule has 6 heteroatoms. The first-order valence-electron chi connectivity index (χ1n) is 8.81. The smallest absolute Gasteiger partial charge is 0.0979 e. The molecule has 1 aromatic heterocycles. The van der Waals surface area contributed by atoms with Gasteiger partial charge in [0.1, 0.15) is 0 Å². The summed E-state index contributed by atoms with van der Waals surface area (Å²) in [6.07, 6.45) is 1.73. The number of benzene rings is 2. The fraction of sp³-hybridized carbons (Fsp3) is 0.136. The SMILES string of the molecule is CC1=C(C#N)C(c2ccc3[nH]ncc3c2)C(C#N)=C(c2ccc(CO)cc2)N1. The highest BCUT2D eigenvalue weighted by atomic mass is 16.3. The topological polar surface area (TPSA) is 109 Å². The van der Waals surface area contributed by atoms with E-state index < -0.39 is 5.92 Å². The summed E-state index contributed by atoms with van der Waals surface area (Å²) in [4.78, 5) is 0. The lowest BCUT2D eigenvalue weighted by atomic mass is 9.80. The van der Waals surface area contributed by atoms with Crippen molar-refractivity contribution in [3.05, 3.63) is 82.2 Å². The van der Waals surface area contributed by atoms with Crippen LogP contribution in [0.15, 0.2) is 65.5 Å². The average molecular weight is 367 g/mol. The van der Waals surface area contributed by atoms with E-state index in [9.17, 15) is 15.6 Å². The van der Waals surface area contributed by atoms with Crippen LogP contribution in [0.2, 0.25) is 0 Å². The van der Waals surface area contributed by atoms with E-state index in [4.69, 9.17) is 0 Å². The van der Waals surface area contributed by atoms with Crippen LogP contribution in [0.4, 0.5) is 0 Å². The first-order chi connectivity index (χ1) is 13.7. The third-order valence-corrected chi connectivity index (χ3v) is 5.03. The van der Waals surface area contributed by atoms with Gasteiger partial charge in [-0.1, -0.05) is 30.3 Å². The van der Waals surface area contributed by atoms with Gasteiger partial charge in [0.2, 0.25) is 0 Å². The van der Waals surface area contributed by atoms with Gasteiger partial charge in [0.25, 0.3) is 0 Å². The van der Waals surface area contributed by atoms with E-state index in [2.05, 4.69) is 27.7 Å². The summed E-state index contributed by atoms with van der Waals surface area (Å²) in [6, 6.07) is 17.8. The number of aliphatic hydroxyl groups is 1. The highest BCUT2D eigenvalue weighted by Gasteiger charge is 2.31. The number of nitrogens with zero attached hydrogens (tertiary/aromatic N) is 3. The van der Waals surface area contributed by atoms with E-state index in [-0.39, 0.29) is 6.61 Å². The van der Waals surface area contributed by atoms with E-state index in [0.717, 1.165) is 33.3 Å². The van der Waals surface area contributed by atoms with Crippen molar-refractivity contribution in [3.8, 4) is 12.1 Å². The minimum atomic E-state index is -0.455. The molecular weight excluding hydrogens is 350 g/mol. The Morgan fingerprint density at radius 2 is 1.82 bits per heavy atom. The number of aromatic amines is 1. The standard InChI is InChI=1S/C22H17N5O/c1-13-18(9-23)21(16-6-7-20-17(8-16)11-25-27-20)19(10-24)22(26-13)15-4-2-14(12-28)3-5-15/h2-8,11,21,26,28H,12H2,1H3,(H,25,27). The van der Waals surface area contributed by atoms with Crippen LogP contribution >= 0.6 is 0 Å². The van der Waals surface area contributed by atoms with Crippen LogP contribution in [-0.2, 0) is 6.61 Å². The third-order valence-electron chi connectivity index (χ3n) is 5.03. The van der Waals surface area contributed by atoms with Crippen molar-refractivity contribution < 1.29 is 5.11 Å². The number of H-pyrrole nitrogens is 1.